The second-order valence-corrected chi connectivity index (χ2v) is 6.49. The molecule has 0 saturated carbocycles. The molecule has 1 unspecified atom stereocenters. The van der Waals surface area contributed by atoms with Gasteiger partial charge in [0.15, 0.2) is 6.10 Å². The Kier molecular flexibility index (Phi) is 10.7. The summed E-state index contributed by atoms with van der Waals surface area (Å²) in [6.45, 7) is 2.24. The van der Waals surface area contributed by atoms with Gasteiger partial charge in [0, 0.05) is 11.8 Å². The third kappa shape index (κ3) is 9.43. The van der Waals surface area contributed by atoms with Crippen molar-refractivity contribution < 1.29 is 14.6 Å². The number of aliphatic carboxylic acids is 1. The number of rotatable bonds is 14. The summed E-state index contributed by atoms with van der Waals surface area (Å²) in [7, 11) is 0. The maximum Gasteiger partial charge on any atom is 0.344 e. The van der Waals surface area contributed by atoms with E-state index < -0.39 is 12.1 Å². The molecule has 0 spiro atoms. The van der Waals surface area contributed by atoms with Crippen LogP contribution in [0.1, 0.15) is 77.6 Å². The fourth-order valence-electron chi connectivity index (χ4n) is 2.80. The van der Waals surface area contributed by atoms with Gasteiger partial charge in [-0.3, -0.25) is 0 Å². The van der Waals surface area contributed by atoms with Gasteiger partial charge in [-0.2, -0.15) is 0 Å². The van der Waals surface area contributed by atoms with Gasteiger partial charge in [-0.25, -0.2) is 4.79 Å². The predicted octanol–water partition coefficient (Wildman–Crippen LogP) is 5.41. The first-order valence-electron chi connectivity index (χ1n) is 9.38. The van der Waals surface area contributed by atoms with Crippen LogP contribution in [0.15, 0.2) is 24.3 Å². The Morgan fingerprint density at radius 1 is 1.04 bits per heavy atom. The van der Waals surface area contributed by atoms with Crippen LogP contribution in [0, 0.1) is 0 Å². The summed E-state index contributed by atoms with van der Waals surface area (Å²) in [5.74, 6) is -0.386. The maximum absolute atomic E-state index is 11.3. The van der Waals surface area contributed by atoms with Crippen LogP contribution in [0.4, 0.5) is 5.69 Å². The molecule has 0 radical (unpaired) electrons. The SMILES string of the molecule is CCCCCCCCCCCCC(Oc1cccc(N)c1)C(=O)O. The number of carbonyl (C=O) groups is 1. The molecule has 0 bridgehead atoms. The topological polar surface area (TPSA) is 72.5 Å². The third-order valence-electron chi connectivity index (χ3n) is 4.23. The average Bonchev–Trinajstić information content (AvgIpc) is 2.55. The number of anilines is 1. The maximum atomic E-state index is 11.3. The van der Waals surface area contributed by atoms with E-state index in [-0.39, 0.29) is 0 Å². The average molecular weight is 335 g/mol. The molecule has 4 heteroatoms. The monoisotopic (exact) mass is 335 g/mol. The molecule has 0 saturated heterocycles. The minimum absolute atomic E-state index is 0.523. The van der Waals surface area contributed by atoms with Crippen LogP contribution < -0.4 is 10.5 Å². The Balaban J connectivity index is 2.13. The van der Waals surface area contributed by atoms with Crippen molar-refractivity contribution in [1.29, 1.82) is 0 Å². The molecule has 0 heterocycles. The minimum atomic E-state index is -0.909. The van der Waals surface area contributed by atoms with Crippen LogP contribution in [-0.2, 0) is 4.79 Å². The summed E-state index contributed by atoms with van der Waals surface area (Å²) in [6.07, 6.45) is 12.1. The van der Waals surface area contributed by atoms with Crippen molar-refractivity contribution in [2.75, 3.05) is 5.73 Å². The molecule has 1 rings (SSSR count). The zero-order valence-corrected chi connectivity index (χ0v) is 15.0. The fourth-order valence-corrected chi connectivity index (χ4v) is 2.80. The first-order chi connectivity index (χ1) is 11.6. The molecule has 0 aliphatic heterocycles. The Morgan fingerprint density at radius 3 is 2.17 bits per heavy atom. The molecule has 24 heavy (non-hydrogen) atoms. The molecular formula is C20H33NO3. The van der Waals surface area contributed by atoms with Crippen LogP contribution in [0.25, 0.3) is 0 Å². The highest BCUT2D eigenvalue weighted by Crippen LogP contribution is 2.19. The Morgan fingerprint density at radius 2 is 1.62 bits per heavy atom. The van der Waals surface area contributed by atoms with Crippen molar-refractivity contribution in [3.63, 3.8) is 0 Å². The summed E-state index contributed by atoms with van der Waals surface area (Å²) in [5, 5.41) is 9.29. The molecule has 1 aromatic rings. The van der Waals surface area contributed by atoms with E-state index in [1.807, 2.05) is 0 Å². The number of carboxylic acids is 1. The van der Waals surface area contributed by atoms with Crippen LogP contribution in [0.2, 0.25) is 0 Å². The van der Waals surface area contributed by atoms with Gasteiger partial charge in [0.2, 0.25) is 0 Å². The van der Waals surface area contributed by atoms with Gasteiger partial charge in [0.1, 0.15) is 5.75 Å². The first-order valence-corrected chi connectivity index (χ1v) is 9.38. The number of nitrogen functional groups attached to an aromatic ring is 1. The number of nitrogens with two attached hydrogens (primary N) is 1. The van der Waals surface area contributed by atoms with Gasteiger partial charge in [-0.1, -0.05) is 70.8 Å². The highest BCUT2D eigenvalue weighted by atomic mass is 16.5. The predicted molar refractivity (Wildman–Crippen MR) is 99.4 cm³/mol. The lowest BCUT2D eigenvalue weighted by Crippen LogP contribution is -2.26. The molecular weight excluding hydrogens is 302 g/mol. The van der Waals surface area contributed by atoms with E-state index in [0.29, 0.717) is 17.9 Å². The number of hydrogen-bond donors (Lipinski definition) is 2. The normalized spacial score (nSPS) is 12.0. The number of benzene rings is 1. The Hall–Kier alpha value is -1.71. The lowest BCUT2D eigenvalue weighted by molar-refractivity contribution is -0.145. The standard InChI is InChI=1S/C20H33NO3/c1-2-3-4-5-6-7-8-9-10-11-15-19(20(22)23)24-18-14-12-13-17(21)16-18/h12-14,16,19H,2-11,15,21H2,1H3,(H,22,23). The van der Waals surface area contributed by atoms with Gasteiger partial charge in [-0.15, -0.1) is 0 Å². The van der Waals surface area contributed by atoms with Crippen molar-refractivity contribution in [1.82, 2.24) is 0 Å². The van der Waals surface area contributed by atoms with Crippen molar-refractivity contribution in [3.8, 4) is 5.75 Å². The highest BCUT2D eigenvalue weighted by molar-refractivity contribution is 5.72. The van der Waals surface area contributed by atoms with Crippen molar-refractivity contribution in [2.45, 2.75) is 83.7 Å². The van der Waals surface area contributed by atoms with Gasteiger partial charge < -0.3 is 15.6 Å². The lowest BCUT2D eigenvalue weighted by Gasteiger charge is -2.15. The third-order valence-corrected chi connectivity index (χ3v) is 4.23. The fraction of sp³-hybridized carbons (Fsp3) is 0.650. The first kappa shape index (κ1) is 20.3. The molecule has 1 atom stereocenters. The molecule has 0 aliphatic carbocycles. The summed E-state index contributed by atoms with van der Waals surface area (Å²) in [5.41, 5.74) is 6.27. The zero-order chi connectivity index (χ0) is 17.6. The number of hydrogen-bond acceptors (Lipinski definition) is 3. The van der Waals surface area contributed by atoms with E-state index >= 15 is 0 Å². The molecule has 0 amide bonds. The van der Waals surface area contributed by atoms with E-state index in [9.17, 15) is 9.90 Å². The van der Waals surface area contributed by atoms with Crippen molar-refractivity contribution in [3.05, 3.63) is 24.3 Å². The number of unbranched alkanes of at least 4 members (excludes halogenated alkanes) is 9. The van der Waals surface area contributed by atoms with Gasteiger partial charge >= 0.3 is 5.97 Å². The van der Waals surface area contributed by atoms with Crippen LogP contribution in [0.3, 0.4) is 0 Å². The largest absolute Gasteiger partial charge is 0.479 e. The van der Waals surface area contributed by atoms with Crippen LogP contribution >= 0.6 is 0 Å². The van der Waals surface area contributed by atoms with Crippen LogP contribution in [-0.4, -0.2) is 17.2 Å². The van der Waals surface area contributed by atoms with Gasteiger partial charge in [-0.05, 0) is 25.0 Å². The number of ether oxygens (including phenoxy) is 1. The second kappa shape index (κ2) is 12.7. The molecule has 0 fully saturated rings. The lowest BCUT2D eigenvalue weighted by atomic mass is 10.0. The second-order valence-electron chi connectivity index (χ2n) is 6.49. The Bertz CT molecular complexity index is 462. The number of carboxylic acid groups (broad SMARTS) is 1. The summed E-state index contributed by atoms with van der Waals surface area (Å²) >= 11 is 0. The zero-order valence-electron chi connectivity index (χ0n) is 15.0. The Labute approximate surface area is 146 Å². The smallest absolute Gasteiger partial charge is 0.344 e. The molecule has 4 nitrogen and oxygen atoms in total. The molecule has 0 aromatic heterocycles. The summed E-state index contributed by atoms with van der Waals surface area (Å²) < 4.78 is 5.56. The van der Waals surface area contributed by atoms with E-state index in [0.717, 1.165) is 12.8 Å². The van der Waals surface area contributed by atoms with E-state index in [1.165, 1.54) is 51.4 Å². The van der Waals surface area contributed by atoms with Crippen molar-refractivity contribution >= 4 is 11.7 Å². The van der Waals surface area contributed by atoms with E-state index in [2.05, 4.69) is 6.92 Å². The summed E-state index contributed by atoms with van der Waals surface area (Å²) in [4.78, 5) is 11.3. The molecule has 136 valence electrons. The molecule has 0 aliphatic rings. The highest BCUT2D eigenvalue weighted by Gasteiger charge is 2.18. The van der Waals surface area contributed by atoms with E-state index in [4.69, 9.17) is 10.5 Å². The van der Waals surface area contributed by atoms with Crippen molar-refractivity contribution in [2.24, 2.45) is 0 Å². The molecule has 1 aromatic carbocycles. The van der Waals surface area contributed by atoms with E-state index in [1.54, 1.807) is 24.3 Å². The van der Waals surface area contributed by atoms with Gasteiger partial charge in [0.25, 0.3) is 0 Å². The minimum Gasteiger partial charge on any atom is -0.479 e. The van der Waals surface area contributed by atoms with Gasteiger partial charge in [0.05, 0.1) is 0 Å². The quantitative estimate of drug-likeness (QED) is 0.352. The van der Waals surface area contributed by atoms with Crippen LogP contribution in [0.5, 0.6) is 5.75 Å². The molecule has 3 N–H and O–H groups in total. The summed E-state index contributed by atoms with van der Waals surface area (Å²) in [6, 6.07) is 6.92.